The molecule has 146 valence electrons. The van der Waals surface area contributed by atoms with Crippen LogP contribution < -0.4 is 5.32 Å². The van der Waals surface area contributed by atoms with Crippen molar-refractivity contribution in [1.29, 1.82) is 0 Å². The van der Waals surface area contributed by atoms with Gasteiger partial charge in [-0.05, 0) is 25.0 Å². The lowest BCUT2D eigenvalue weighted by atomic mass is 10.1. The third-order valence-corrected chi connectivity index (χ3v) is 6.11. The zero-order chi connectivity index (χ0) is 18.5. The first-order valence-corrected chi connectivity index (χ1v) is 10.7. The second-order valence-corrected chi connectivity index (χ2v) is 8.26. The van der Waals surface area contributed by atoms with Gasteiger partial charge in [0.2, 0.25) is 0 Å². The van der Waals surface area contributed by atoms with Crippen molar-refractivity contribution < 1.29 is 9.21 Å². The average molecular weight is 391 g/mol. The predicted octanol–water partition coefficient (Wildman–Crippen LogP) is 1.97. The molecular weight excluding hydrogens is 364 g/mol. The number of hydrogen-bond acceptors (Lipinski definition) is 6. The summed E-state index contributed by atoms with van der Waals surface area (Å²) in [5.41, 5.74) is 1.04. The molecule has 2 aromatic rings. The average Bonchev–Trinajstić information content (AvgIpc) is 3.39. The van der Waals surface area contributed by atoms with Gasteiger partial charge in [0.1, 0.15) is 5.76 Å². The predicted molar refractivity (Wildman–Crippen MR) is 103 cm³/mol. The minimum atomic E-state index is -0.0351. The fourth-order valence-corrected chi connectivity index (χ4v) is 4.55. The second kappa shape index (κ2) is 8.79. The van der Waals surface area contributed by atoms with Gasteiger partial charge in [0.25, 0.3) is 0 Å². The number of furan rings is 1. The van der Waals surface area contributed by atoms with Gasteiger partial charge in [0, 0.05) is 44.2 Å². The molecule has 2 fully saturated rings. The van der Waals surface area contributed by atoms with Crippen LogP contribution in [0.3, 0.4) is 0 Å². The summed E-state index contributed by atoms with van der Waals surface area (Å²) >= 11 is 2.02. The number of piperidine rings is 1. The minimum Gasteiger partial charge on any atom is -0.467 e. The number of nitrogens with one attached hydrogen (secondary N) is 1. The Kier molecular flexibility index (Phi) is 5.98. The third-order valence-electron chi connectivity index (χ3n) is 5.17. The number of thioether (sulfide) groups is 1. The highest BCUT2D eigenvalue weighted by molar-refractivity contribution is 7.99. The molecule has 0 aliphatic carbocycles. The first-order chi connectivity index (χ1) is 13.3. The molecule has 9 heteroatoms. The molecule has 4 rings (SSSR count). The number of likely N-dealkylation sites (tertiary alicyclic amines) is 1. The fraction of sp³-hybridized carbons (Fsp3) is 0.611. The summed E-state index contributed by atoms with van der Waals surface area (Å²) in [7, 11) is 0. The summed E-state index contributed by atoms with van der Waals surface area (Å²) in [5.74, 6) is 3.17. The number of hydrogen-bond donors (Lipinski definition) is 1. The molecule has 0 saturated carbocycles. The molecule has 0 bridgehead atoms. The molecule has 0 spiro atoms. The van der Waals surface area contributed by atoms with Crippen molar-refractivity contribution in [2.45, 2.75) is 32.0 Å². The minimum absolute atomic E-state index is 0.0351. The van der Waals surface area contributed by atoms with Crippen LogP contribution in [-0.4, -0.2) is 68.5 Å². The molecule has 0 atom stereocenters. The Morgan fingerprint density at radius 1 is 1.26 bits per heavy atom. The van der Waals surface area contributed by atoms with Gasteiger partial charge >= 0.3 is 6.03 Å². The van der Waals surface area contributed by atoms with Gasteiger partial charge in [-0.1, -0.05) is 5.21 Å². The lowest BCUT2D eigenvalue weighted by molar-refractivity contribution is 0.167. The van der Waals surface area contributed by atoms with E-state index in [9.17, 15) is 4.79 Å². The maximum atomic E-state index is 12.3. The van der Waals surface area contributed by atoms with E-state index in [1.165, 1.54) is 11.5 Å². The molecule has 8 nitrogen and oxygen atoms in total. The highest BCUT2D eigenvalue weighted by atomic mass is 32.2. The van der Waals surface area contributed by atoms with E-state index >= 15 is 0 Å². The van der Waals surface area contributed by atoms with E-state index in [2.05, 4.69) is 26.7 Å². The maximum Gasteiger partial charge on any atom is 0.317 e. The van der Waals surface area contributed by atoms with Gasteiger partial charge in [-0.3, -0.25) is 4.90 Å². The van der Waals surface area contributed by atoms with Gasteiger partial charge < -0.3 is 14.6 Å². The van der Waals surface area contributed by atoms with Crippen LogP contribution in [-0.2, 0) is 13.1 Å². The van der Waals surface area contributed by atoms with Gasteiger partial charge in [0.05, 0.1) is 30.7 Å². The van der Waals surface area contributed by atoms with Crippen molar-refractivity contribution in [2.24, 2.45) is 0 Å². The second-order valence-electron chi connectivity index (χ2n) is 7.03. The highest BCUT2D eigenvalue weighted by Crippen LogP contribution is 2.22. The van der Waals surface area contributed by atoms with Crippen molar-refractivity contribution in [3.8, 4) is 0 Å². The van der Waals surface area contributed by atoms with Crippen LogP contribution in [0.5, 0.6) is 0 Å². The van der Waals surface area contributed by atoms with Crippen molar-refractivity contribution >= 4 is 17.8 Å². The van der Waals surface area contributed by atoms with E-state index in [0.29, 0.717) is 12.6 Å². The topological polar surface area (TPSA) is 79.4 Å². The molecule has 2 aliphatic heterocycles. The smallest absolute Gasteiger partial charge is 0.317 e. The van der Waals surface area contributed by atoms with E-state index < -0.39 is 0 Å². The first kappa shape index (κ1) is 18.4. The largest absolute Gasteiger partial charge is 0.467 e. The number of amides is 2. The summed E-state index contributed by atoms with van der Waals surface area (Å²) in [6, 6.07) is 3.96. The van der Waals surface area contributed by atoms with Crippen LogP contribution in [0.25, 0.3) is 0 Å². The number of nitrogens with zero attached hydrogens (tertiary/aromatic N) is 5. The Bertz CT molecular complexity index is 720. The maximum absolute atomic E-state index is 12.3. The highest BCUT2D eigenvalue weighted by Gasteiger charge is 2.25. The summed E-state index contributed by atoms with van der Waals surface area (Å²) in [6.45, 7) is 5.02. The summed E-state index contributed by atoms with van der Waals surface area (Å²) in [4.78, 5) is 16.6. The van der Waals surface area contributed by atoms with E-state index in [1.807, 2.05) is 33.5 Å². The fourth-order valence-electron chi connectivity index (χ4n) is 3.57. The monoisotopic (exact) mass is 390 g/mol. The van der Waals surface area contributed by atoms with Crippen LogP contribution in [0.15, 0.2) is 29.0 Å². The standard InChI is InChI=1S/C18H26N6O2S/c25-18(19-12-17-2-1-9-26-17)23-5-3-16(4-6-23)24-14-15(20-21-24)13-22-7-10-27-11-8-22/h1-2,9,14,16H,3-8,10-13H2,(H,19,25). The Labute approximate surface area is 163 Å². The van der Waals surface area contributed by atoms with Gasteiger partial charge in [-0.25, -0.2) is 9.48 Å². The zero-order valence-electron chi connectivity index (χ0n) is 15.4. The summed E-state index contributed by atoms with van der Waals surface area (Å²) < 4.78 is 7.24. The molecule has 27 heavy (non-hydrogen) atoms. The van der Waals surface area contributed by atoms with E-state index in [0.717, 1.165) is 57.0 Å². The Balaban J connectivity index is 1.23. The molecule has 2 saturated heterocycles. The van der Waals surface area contributed by atoms with E-state index in [4.69, 9.17) is 4.42 Å². The summed E-state index contributed by atoms with van der Waals surface area (Å²) in [5, 5.41) is 11.6. The molecule has 2 aromatic heterocycles. The van der Waals surface area contributed by atoms with Crippen LogP contribution in [0, 0.1) is 0 Å². The van der Waals surface area contributed by atoms with Crippen molar-refractivity contribution in [2.75, 3.05) is 37.7 Å². The van der Waals surface area contributed by atoms with Crippen LogP contribution in [0.1, 0.15) is 30.3 Å². The van der Waals surface area contributed by atoms with E-state index in [1.54, 1.807) is 6.26 Å². The number of rotatable bonds is 5. The summed E-state index contributed by atoms with van der Waals surface area (Å²) in [6.07, 6.45) is 5.50. The Morgan fingerprint density at radius 3 is 2.81 bits per heavy atom. The van der Waals surface area contributed by atoms with Gasteiger partial charge in [-0.2, -0.15) is 11.8 Å². The van der Waals surface area contributed by atoms with Crippen LogP contribution in [0.2, 0.25) is 0 Å². The molecule has 0 aromatic carbocycles. The van der Waals surface area contributed by atoms with E-state index in [-0.39, 0.29) is 6.03 Å². The van der Waals surface area contributed by atoms with Gasteiger partial charge in [-0.15, -0.1) is 5.10 Å². The number of urea groups is 1. The molecule has 4 heterocycles. The molecule has 1 N–H and O–H groups in total. The quantitative estimate of drug-likeness (QED) is 0.841. The van der Waals surface area contributed by atoms with Crippen molar-refractivity contribution in [3.63, 3.8) is 0 Å². The van der Waals surface area contributed by atoms with Crippen LogP contribution in [0.4, 0.5) is 4.79 Å². The number of aromatic nitrogens is 3. The number of carbonyl (C=O) groups is 1. The van der Waals surface area contributed by atoms with Gasteiger partial charge in [0.15, 0.2) is 0 Å². The SMILES string of the molecule is O=C(NCc1ccco1)N1CCC(n2cc(CN3CCSCC3)nn2)CC1. The third kappa shape index (κ3) is 4.84. The normalized spacial score (nSPS) is 19.3. The number of carbonyl (C=O) groups excluding carboxylic acids is 1. The molecular formula is C18H26N6O2S. The molecule has 2 aliphatic rings. The van der Waals surface area contributed by atoms with Crippen molar-refractivity contribution in [3.05, 3.63) is 36.0 Å². The lowest BCUT2D eigenvalue weighted by Crippen LogP contribution is -2.44. The Morgan fingerprint density at radius 2 is 2.07 bits per heavy atom. The molecule has 0 unspecified atom stereocenters. The Hall–Kier alpha value is -2.00. The molecule has 2 amide bonds. The van der Waals surface area contributed by atoms with Crippen LogP contribution >= 0.6 is 11.8 Å². The van der Waals surface area contributed by atoms with Crippen molar-refractivity contribution in [1.82, 2.24) is 30.1 Å². The zero-order valence-corrected chi connectivity index (χ0v) is 16.2. The molecule has 0 radical (unpaired) electrons. The lowest BCUT2D eigenvalue weighted by Gasteiger charge is -2.31. The first-order valence-electron chi connectivity index (χ1n) is 9.54.